The third-order valence-electron chi connectivity index (χ3n) is 2.40. The maximum Gasteiger partial charge on any atom is 0.321 e. The number of urea groups is 1. The molecule has 0 spiro atoms. The van der Waals surface area contributed by atoms with E-state index in [0.29, 0.717) is 12.1 Å². The largest absolute Gasteiger partial charge is 0.338 e. The van der Waals surface area contributed by atoms with Crippen LogP contribution in [0.3, 0.4) is 0 Å². The number of amides is 3. The molecule has 0 aliphatic heterocycles. The summed E-state index contributed by atoms with van der Waals surface area (Å²) >= 11 is 1.28. The molecule has 19 heavy (non-hydrogen) atoms. The smallest absolute Gasteiger partial charge is 0.321 e. The molecule has 0 saturated carbocycles. The highest BCUT2D eigenvalue weighted by Crippen LogP contribution is 2.29. The van der Waals surface area contributed by atoms with Gasteiger partial charge in [0.15, 0.2) is 0 Å². The molecule has 2 N–H and O–H groups in total. The number of benzene rings is 1. The predicted octanol–water partition coefficient (Wildman–Crippen LogP) is 2.47. The Labute approximate surface area is 116 Å². The highest BCUT2D eigenvalue weighted by molar-refractivity contribution is 8.00. The molecule has 0 aliphatic rings. The van der Waals surface area contributed by atoms with Gasteiger partial charge in [0.2, 0.25) is 5.91 Å². The van der Waals surface area contributed by atoms with Crippen LogP contribution < -0.4 is 10.6 Å². The van der Waals surface area contributed by atoms with E-state index in [0.717, 1.165) is 0 Å². The van der Waals surface area contributed by atoms with Crippen LogP contribution in [0.15, 0.2) is 24.3 Å². The second-order valence-electron chi connectivity index (χ2n) is 3.88. The Bertz CT molecular complexity index is 454. The number of imide groups is 1. The van der Waals surface area contributed by atoms with E-state index in [9.17, 15) is 14.0 Å². The average Bonchev–Trinajstić information content (AvgIpc) is 2.36. The lowest BCUT2D eigenvalue weighted by atomic mass is 10.1. The Balaban J connectivity index is 2.42. The van der Waals surface area contributed by atoms with Gasteiger partial charge >= 0.3 is 6.03 Å². The molecule has 4 nitrogen and oxygen atoms in total. The van der Waals surface area contributed by atoms with E-state index in [1.54, 1.807) is 25.1 Å². The Hall–Kier alpha value is -1.56. The van der Waals surface area contributed by atoms with Crippen molar-refractivity contribution < 1.29 is 14.0 Å². The molecule has 6 heteroatoms. The van der Waals surface area contributed by atoms with Gasteiger partial charge in [-0.15, -0.1) is 11.8 Å². The zero-order valence-corrected chi connectivity index (χ0v) is 11.7. The van der Waals surface area contributed by atoms with Crippen molar-refractivity contribution in [1.82, 2.24) is 10.6 Å². The first-order valence-electron chi connectivity index (χ1n) is 5.98. The molecule has 0 aromatic heterocycles. The highest BCUT2D eigenvalue weighted by atomic mass is 32.2. The fourth-order valence-corrected chi connectivity index (χ4v) is 2.31. The van der Waals surface area contributed by atoms with Crippen LogP contribution in [0.2, 0.25) is 0 Å². The van der Waals surface area contributed by atoms with Gasteiger partial charge in [0.1, 0.15) is 5.82 Å². The summed E-state index contributed by atoms with van der Waals surface area (Å²) in [6.07, 6.45) is 0. The van der Waals surface area contributed by atoms with Crippen LogP contribution in [0.1, 0.15) is 24.7 Å². The first-order chi connectivity index (χ1) is 9.04. The van der Waals surface area contributed by atoms with Gasteiger partial charge in [-0.2, -0.15) is 0 Å². The Morgan fingerprint density at radius 3 is 2.68 bits per heavy atom. The van der Waals surface area contributed by atoms with Crippen molar-refractivity contribution in [1.29, 1.82) is 0 Å². The fraction of sp³-hybridized carbons (Fsp3) is 0.385. The van der Waals surface area contributed by atoms with Gasteiger partial charge in [-0.1, -0.05) is 18.2 Å². The molecular formula is C13H17FN2O2S. The number of hydrogen-bond acceptors (Lipinski definition) is 3. The summed E-state index contributed by atoms with van der Waals surface area (Å²) < 4.78 is 13.5. The van der Waals surface area contributed by atoms with Crippen LogP contribution in [-0.2, 0) is 4.79 Å². The topological polar surface area (TPSA) is 58.2 Å². The molecule has 104 valence electrons. The zero-order valence-electron chi connectivity index (χ0n) is 10.9. The van der Waals surface area contributed by atoms with Gasteiger partial charge in [0.05, 0.1) is 5.75 Å². The van der Waals surface area contributed by atoms with Crippen molar-refractivity contribution >= 4 is 23.7 Å². The number of thioether (sulfide) groups is 1. The van der Waals surface area contributed by atoms with Crippen LogP contribution in [-0.4, -0.2) is 24.2 Å². The lowest BCUT2D eigenvalue weighted by Crippen LogP contribution is -2.40. The number of halogens is 1. The van der Waals surface area contributed by atoms with Crippen LogP contribution >= 0.6 is 11.8 Å². The van der Waals surface area contributed by atoms with E-state index >= 15 is 0 Å². The summed E-state index contributed by atoms with van der Waals surface area (Å²) in [5, 5.41) is 4.51. The van der Waals surface area contributed by atoms with Gasteiger partial charge in [0.25, 0.3) is 0 Å². The number of rotatable bonds is 5. The summed E-state index contributed by atoms with van der Waals surface area (Å²) in [5.74, 6) is -0.571. The highest BCUT2D eigenvalue weighted by Gasteiger charge is 2.13. The van der Waals surface area contributed by atoms with Crippen LogP contribution in [0.25, 0.3) is 0 Å². The van der Waals surface area contributed by atoms with Gasteiger partial charge in [-0.25, -0.2) is 9.18 Å². The standard InChI is InChI=1S/C13H17FN2O2S/c1-3-15-13(18)16-12(17)8-19-9(2)10-6-4-5-7-11(10)14/h4-7,9H,3,8H2,1-2H3,(H2,15,16,17,18)/t9-/m0/s1. The molecule has 0 bridgehead atoms. The minimum Gasteiger partial charge on any atom is -0.338 e. The van der Waals surface area contributed by atoms with Gasteiger partial charge in [0, 0.05) is 17.4 Å². The van der Waals surface area contributed by atoms with Crippen molar-refractivity contribution in [2.45, 2.75) is 19.1 Å². The molecule has 1 atom stereocenters. The van der Waals surface area contributed by atoms with Crippen molar-refractivity contribution in [3.8, 4) is 0 Å². The maximum absolute atomic E-state index is 13.5. The van der Waals surface area contributed by atoms with E-state index in [2.05, 4.69) is 10.6 Å². The summed E-state index contributed by atoms with van der Waals surface area (Å²) in [4.78, 5) is 22.6. The van der Waals surface area contributed by atoms with E-state index in [1.165, 1.54) is 17.8 Å². The minimum absolute atomic E-state index is 0.104. The lowest BCUT2D eigenvalue weighted by molar-refractivity contribution is -0.117. The Morgan fingerprint density at radius 1 is 1.37 bits per heavy atom. The average molecular weight is 284 g/mol. The van der Waals surface area contributed by atoms with E-state index < -0.39 is 6.03 Å². The molecule has 0 fully saturated rings. The monoisotopic (exact) mass is 284 g/mol. The normalized spacial score (nSPS) is 11.7. The van der Waals surface area contributed by atoms with Crippen molar-refractivity contribution in [2.24, 2.45) is 0 Å². The second-order valence-corrected chi connectivity index (χ2v) is 5.21. The summed E-state index contributed by atoms with van der Waals surface area (Å²) in [6, 6.07) is 5.95. The van der Waals surface area contributed by atoms with Crippen LogP contribution in [0.4, 0.5) is 9.18 Å². The number of hydrogen-bond donors (Lipinski definition) is 2. The third-order valence-corrected chi connectivity index (χ3v) is 3.58. The molecule has 1 rings (SSSR count). The van der Waals surface area contributed by atoms with Crippen molar-refractivity contribution in [3.05, 3.63) is 35.6 Å². The molecule has 0 saturated heterocycles. The van der Waals surface area contributed by atoms with Gasteiger partial charge < -0.3 is 5.32 Å². The first kappa shape index (κ1) is 15.5. The zero-order chi connectivity index (χ0) is 14.3. The van der Waals surface area contributed by atoms with E-state index in [1.807, 2.05) is 6.92 Å². The summed E-state index contributed by atoms with van der Waals surface area (Å²) in [6.45, 7) is 4.04. The summed E-state index contributed by atoms with van der Waals surface area (Å²) in [5.41, 5.74) is 0.554. The Morgan fingerprint density at radius 2 is 2.05 bits per heavy atom. The van der Waals surface area contributed by atoms with E-state index in [4.69, 9.17) is 0 Å². The van der Waals surface area contributed by atoms with Crippen LogP contribution in [0.5, 0.6) is 0 Å². The molecule has 1 aromatic rings. The molecule has 0 unspecified atom stereocenters. The lowest BCUT2D eigenvalue weighted by Gasteiger charge is -2.12. The quantitative estimate of drug-likeness (QED) is 0.873. The second kappa shape index (κ2) is 7.78. The minimum atomic E-state index is -0.508. The number of nitrogens with one attached hydrogen (secondary N) is 2. The number of carbonyl (C=O) groups excluding carboxylic acids is 2. The van der Waals surface area contributed by atoms with Crippen LogP contribution in [0, 0.1) is 5.82 Å². The molecule has 1 aromatic carbocycles. The maximum atomic E-state index is 13.5. The summed E-state index contributed by atoms with van der Waals surface area (Å²) in [7, 11) is 0. The molecule has 0 aliphatic carbocycles. The first-order valence-corrected chi connectivity index (χ1v) is 7.03. The molecular weight excluding hydrogens is 267 g/mol. The number of carbonyl (C=O) groups is 2. The van der Waals surface area contributed by atoms with Crippen molar-refractivity contribution in [2.75, 3.05) is 12.3 Å². The predicted molar refractivity (Wildman–Crippen MR) is 74.5 cm³/mol. The fourth-order valence-electron chi connectivity index (χ4n) is 1.46. The van der Waals surface area contributed by atoms with Crippen molar-refractivity contribution in [3.63, 3.8) is 0 Å². The third kappa shape index (κ3) is 5.30. The van der Waals surface area contributed by atoms with E-state index in [-0.39, 0.29) is 22.7 Å². The molecule has 0 heterocycles. The van der Waals surface area contributed by atoms with Gasteiger partial charge in [-0.3, -0.25) is 10.1 Å². The molecule has 3 amide bonds. The molecule has 0 radical (unpaired) electrons. The SMILES string of the molecule is CCNC(=O)NC(=O)CS[C@@H](C)c1ccccc1F. The van der Waals surface area contributed by atoms with Gasteiger partial charge in [-0.05, 0) is 19.9 Å². The Kier molecular flexibility index (Phi) is 6.35.